The number of methoxy groups -OCH3 is 2. The van der Waals surface area contributed by atoms with E-state index in [2.05, 4.69) is 4.72 Å². The molecule has 37 heavy (non-hydrogen) atoms. The van der Waals surface area contributed by atoms with Gasteiger partial charge in [-0.3, -0.25) is 4.79 Å². The molecule has 1 saturated heterocycles. The Balaban J connectivity index is 1.56. The summed E-state index contributed by atoms with van der Waals surface area (Å²) in [6.45, 7) is 0.120. The van der Waals surface area contributed by atoms with Gasteiger partial charge in [0, 0.05) is 11.8 Å². The minimum atomic E-state index is -3.93. The van der Waals surface area contributed by atoms with Crippen molar-refractivity contribution in [2.75, 3.05) is 27.6 Å². The quantitative estimate of drug-likeness (QED) is 0.449. The van der Waals surface area contributed by atoms with Crippen molar-refractivity contribution in [1.29, 1.82) is 0 Å². The first-order valence-corrected chi connectivity index (χ1v) is 13.8. The maximum Gasteiger partial charge on any atom is 0.311 e. The minimum absolute atomic E-state index is 0.0320. The largest absolute Gasteiger partial charge is 0.502 e. The van der Waals surface area contributed by atoms with Crippen LogP contribution < -0.4 is 23.7 Å². The molecule has 1 aromatic heterocycles. The van der Waals surface area contributed by atoms with Gasteiger partial charge in [0.05, 0.1) is 32.8 Å². The number of esters is 1. The molecule has 3 aromatic rings. The van der Waals surface area contributed by atoms with Crippen molar-refractivity contribution in [3.05, 3.63) is 58.5 Å². The van der Waals surface area contributed by atoms with Gasteiger partial charge in [0.2, 0.25) is 12.5 Å². The number of carbonyl (C=O) groups is 1. The highest BCUT2D eigenvalue weighted by Crippen LogP contribution is 2.55. The Hall–Kier alpha value is -3.48. The molecule has 0 unspecified atom stereocenters. The third-order valence-electron chi connectivity index (χ3n) is 7.09. The molecule has 0 bridgehead atoms. The maximum absolute atomic E-state index is 13.3. The number of nitrogens with one attached hydrogen (secondary N) is 1. The standard InChI is InChI=1S/C25H23NO9S2/c1-31-18-6-12(7-19(32-2)24(18)27)21-13-8-16-17(35-11-34-16)9-14(13)23(22-15(21)10-33-25(22)28)26-37(29,30)20-4-3-5-36-20/h3-9,15,21-23,26-27H,10-11H2,1-2H3/t15-,21+,22+,23+/m0/s1. The van der Waals surface area contributed by atoms with E-state index in [0.717, 1.165) is 16.9 Å². The second-order valence-corrected chi connectivity index (χ2v) is 11.8. The summed E-state index contributed by atoms with van der Waals surface area (Å²) in [6, 6.07) is 9.19. The molecule has 0 radical (unpaired) electrons. The number of thiophene rings is 1. The second kappa shape index (κ2) is 8.82. The Kier molecular flexibility index (Phi) is 5.70. The summed E-state index contributed by atoms with van der Waals surface area (Å²) in [5.41, 5.74) is 2.04. The number of sulfonamides is 1. The van der Waals surface area contributed by atoms with Gasteiger partial charge >= 0.3 is 5.97 Å². The molecule has 10 nitrogen and oxygen atoms in total. The molecular weight excluding hydrogens is 522 g/mol. The smallest absolute Gasteiger partial charge is 0.311 e. The summed E-state index contributed by atoms with van der Waals surface area (Å²) in [6.07, 6.45) is 0. The van der Waals surface area contributed by atoms with E-state index in [1.807, 2.05) is 6.07 Å². The molecule has 0 spiro atoms. The number of phenols is 1. The second-order valence-electron chi connectivity index (χ2n) is 8.94. The van der Waals surface area contributed by atoms with Crippen LogP contribution in [0.5, 0.6) is 28.7 Å². The Bertz CT molecular complexity index is 1460. The van der Waals surface area contributed by atoms with Gasteiger partial charge in [0.1, 0.15) is 4.21 Å². The first kappa shape index (κ1) is 23.9. The van der Waals surface area contributed by atoms with Crippen LogP contribution in [0.2, 0.25) is 0 Å². The number of phenolic OH excluding ortho intramolecular Hbond substituents is 1. The van der Waals surface area contributed by atoms with E-state index >= 15 is 0 Å². The Morgan fingerprint density at radius 3 is 2.32 bits per heavy atom. The Morgan fingerprint density at radius 2 is 1.70 bits per heavy atom. The number of hydrogen-bond acceptors (Lipinski definition) is 10. The van der Waals surface area contributed by atoms with Crippen molar-refractivity contribution in [2.45, 2.75) is 16.2 Å². The van der Waals surface area contributed by atoms with Gasteiger partial charge in [-0.15, -0.1) is 11.3 Å². The summed E-state index contributed by atoms with van der Waals surface area (Å²) in [5.74, 6) is -0.894. The molecule has 3 heterocycles. The molecule has 12 heteroatoms. The molecule has 0 saturated carbocycles. The zero-order chi connectivity index (χ0) is 25.9. The summed E-state index contributed by atoms with van der Waals surface area (Å²) in [4.78, 5) is 13.1. The first-order chi connectivity index (χ1) is 17.8. The van der Waals surface area contributed by atoms with E-state index in [1.54, 1.807) is 29.6 Å². The zero-order valence-corrected chi connectivity index (χ0v) is 21.4. The molecule has 2 aromatic carbocycles. The maximum atomic E-state index is 13.3. The third-order valence-corrected chi connectivity index (χ3v) is 9.93. The van der Waals surface area contributed by atoms with Crippen LogP contribution in [-0.4, -0.2) is 47.1 Å². The van der Waals surface area contributed by atoms with Crippen LogP contribution in [0.15, 0.2) is 46.0 Å². The SMILES string of the molecule is COc1cc([C@@H]2c3cc4c(cc3[C@@H](NS(=O)(=O)c3cccs3)[C@@H]3C(=O)OC[C@@H]23)OCO4)cc(OC)c1O. The lowest BCUT2D eigenvalue weighted by atomic mass is 9.65. The van der Waals surface area contributed by atoms with Gasteiger partial charge in [0.15, 0.2) is 23.0 Å². The highest BCUT2D eigenvalue weighted by Gasteiger charge is 2.53. The lowest BCUT2D eigenvalue weighted by Gasteiger charge is -2.39. The molecular formula is C25H23NO9S2. The lowest BCUT2D eigenvalue weighted by Crippen LogP contribution is -2.43. The minimum Gasteiger partial charge on any atom is -0.502 e. The molecule has 0 amide bonds. The van der Waals surface area contributed by atoms with E-state index in [-0.39, 0.29) is 34.9 Å². The monoisotopic (exact) mass is 545 g/mol. The number of carbonyl (C=O) groups excluding carboxylic acids is 1. The molecule has 1 aliphatic carbocycles. The van der Waals surface area contributed by atoms with Crippen LogP contribution in [-0.2, 0) is 19.6 Å². The highest BCUT2D eigenvalue weighted by molar-refractivity contribution is 7.91. The first-order valence-electron chi connectivity index (χ1n) is 11.4. The topological polar surface area (TPSA) is 130 Å². The number of aromatic hydroxyl groups is 1. The van der Waals surface area contributed by atoms with E-state index in [4.69, 9.17) is 23.7 Å². The molecule has 4 atom stereocenters. The van der Waals surface area contributed by atoms with Crippen molar-refractivity contribution < 1.29 is 42.0 Å². The van der Waals surface area contributed by atoms with Crippen LogP contribution in [0.1, 0.15) is 28.7 Å². The summed E-state index contributed by atoms with van der Waals surface area (Å²) >= 11 is 1.09. The van der Waals surface area contributed by atoms with Gasteiger partial charge in [-0.1, -0.05) is 6.07 Å². The van der Waals surface area contributed by atoms with Crippen LogP contribution in [0.3, 0.4) is 0 Å². The van der Waals surface area contributed by atoms with Crippen LogP contribution >= 0.6 is 11.3 Å². The molecule has 2 aliphatic heterocycles. The van der Waals surface area contributed by atoms with E-state index in [0.29, 0.717) is 22.6 Å². The average molecular weight is 546 g/mol. The fourth-order valence-electron chi connectivity index (χ4n) is 5.47. The normalized spacial score (nSPS) is 23.8. The number of ether oxygens (including phenoxy) is 5. The van der Waals surface area contributed by atoms with E-state index in [9.17, 15) is 18.3 Å². The molecule has 6 rings (SSSR count). The van der Waals surface area contributed by atoms with Crippen molar-refractivity contribution in [1.82, 2.24) is 4.72 Å². The van der Waals surface area contributed by atoms with Crippen molar-refractivity contribution in [3.8, 4) is 28.7 Å². The number of hydrogen-bond donors (Lipinski definition) is 2. The lowest BCUT2D eigenvalue weighted by molar-refractivity contribution is -0.142. The van der Waals surface area contributed by atoms with Gasteiger partial charge < -0.3 is 28.8 Å². The average Bonchev–Trinajstić information content (AvgIpc) is 3.65. The van der Waals surface area contributed by atoms with Crippen molar-refractivity contribution in [3.63, 3.8) is 0 Å². The molecule has 2 N–H and O–H groups in total. The molecule has 194 valence electrons. The van der Waals surface area contributed by atoms with Gasteiger partial charge in [-0.2, -0.15) is 0 Å². The van der Waals surface area contributed by atoms with Crippen molar-refractivity contribution >= 4 is 27.3 Å². The van der Waals surface area contributed by atoms with Gasteiger partial charge in [-0.25, -0.2) is 13.1 Å². The molecule has 1 fully saturated rings. The fourth-order valence-corrected chi connectivity index (χ4v) is 7.72. The molecule has 3 aliphatic rings. The van der Waals surface area contributed by atoms with Crippen molar-refractivity contribution in [2.24, 2.45) is 11.8 Å². The van der Waals surface area contributed by atoms with Crippen LogP contribution in [0, 0.1) is 11.8 Å². The fraction of sp³-hybridized carbons (Fsp3) is 0.320. The van der Waals surface area contributed by atoms with Crippen LogP contribution in [0.4, 0.5) is 0 Å². The predicted octanol–water partition coefficient (Wildman–Crippen LogP) is 3.15. The zero-order valence-electron chi connectivity index (χ0n) is 19.8. The van der Waals surface area contributed by atoms with E-state index in [1.165, 1.54) is 20.3 Å². The number of benzene rings is 2. The van der Waals surface area contributed by atoms with E-state index < -0.39 is 39.8 Å². The van der Waals surface area contributed by atoms with Gasteiger partial charge in [0.25, 0.3) is 10.0 Å². The van der Waals surface area contributed by atoms with Gasteiger partial charge in [-0.05, 0) is 52.4 Å². The number of rotatable bonds is 6. The Morgan fingerprint density at radius 1 is 1.03 bits per heavy atom. The third kappa shape index (κ3) is 3.78. The summed E-state index contributed by atoms with van der Waals surface area (Å²) in [7, 11) is -1.06. The summed E-state index contributed by atoms with van der Waals surface area (Å²) < 4.78 is 57.0. The number of fused-ring (bicyclic) bond motifs is 3. The number of cyclic esters (lactones) is 1. The van der Waals surface area contributed by atoms with Crippen LogP contribution in [0.25, 0.3) is 0 Å². The Labute approximate surface area is 216 Å². The highest BCUT2D eigenvalue weighted by atomic mass is 32.2. The summed E-state index contributed by atoms with van der Waals surface area (Å²) in [5, 5.41) is 12.2. The predicted molar refractivity (Wildman–Crippen MR) is 131 cm³/mol.